The van der Waals surface area contributed by atoms with E-state index in [1.807, 2.05) is 13.0 Å². The van der Waals surface area contributed by atoms with Crippen LogP contribution in [0.4, 0.5) is 4.79 Å². The predicted octanol–water partition coefficient (Wildman–Crippen LogP) is 1.84. The molecular weight excluding hydrogens is 268 g/mol. The molecule has 0 bridgehead atoms. The second-order valence-electron chi connectivity index (χ2n) is 6.38. The number of carbonyl (C=O) groups is 1. The molecule has 1 aromatic rings. The molecule has 1 fully saturated rings. The van der Waals surface area contributed by atoms with Crippen LogP contribution in [-0.4, -0.2) is 28.4 Å². The molecule has 0 aromatic heterocycles. The molecule has 21 heavy (non-hydrogen) atoms. The number of hydrogen-bond acceptors (Lipinski definition) is 3. The highest BCUT2D eigenvalue weighted by Gasteiger charge is 2.42. The Labute approximate surface area is 124 Å². The normalized spacial score (nSPS) is 23.2. The number of benzene rings is 1. The van der Waals surface area contributed by atoms with Crippen molar-refractivity contribution in [1.29, 1.82) is 0 Å². The van der Waals surface area contributed by atoms with E-state index in [0.29, 0.717) is 11.7 Å². The molecule has 0 radical (unpaired) electrons. The van der Waals surface area contributed by atoms with Gasteiger partial charge in [-0.2, -0.15) is 0 Å². The lowest BCUT2D eigenvalue weighted by Crippen LogP contribution is -2.54. The highest BCUT2D eigenvalue weighted by molar-refractivity contribution is 5.75. The maximum absolute atomic E-state index is 12.2. The third-order valence-electron chi connectivity index (χ3n) is 4.76. The molecule has 1 saturated carbocycles. The zero-order valence-electron chi connectivity index (χ0n) is 12.2. The average Bonchev–Trinajstić information content (AvgIpc) is 3.23. The summed E-state index contributed by atoms with van der Waals surface area (Å²) in [6, 6.07) is 5.10. The molecule has 4 N–H and O–H groups in total. The Bertz CT molecular complexity index is 556. The fraction of sp³-hybridized carbons (Fsp3) is 0.562. The van der Waals surface area contributed by atoms with Crippen LogP contribution in [0.2, 0.25) is 0 Å². The Kier molecular flexibility index (Phi) is 3.53. The van der Waals surface area contributed by atoms with Gasteiger partial charge in [-0.3, -0.25) is 0 Å². The van der Waals surface area contributed by atoms with Crippen LogP contribution >= 0.6 is 0 Å². The highest BCUT2D eigenvalue weighted by atomic mass is 16.3. The molecule has 2 atom stereocenters. The first-order chi connectivity index (χ1) is 10.0. The van der Waals surface area contributed by atoms with E-state index in [1.54, 1.807) is 12.1 Å². The first kappa shape index (κ1) is 14.2. The molecule has 2 unspecified atom stereocenters. The van der Waals surface area contributed by atoms with Crippen molar-refractivity contribution in [1.82, 2.24) is 10.6 Å². The second-order valence-corrected chi connectivity index (χ2v) is 6.38. The van der Waals surface area contributed by atoms with E-state index in [2.05, 4.69) is 10.6 Å². The standard InChI is InChI=1S/C16H22N2O3/c1-16(9-19,10-5-6-10)18-15(21)17-13-8-7-12-11(13)3-2-4-14(12)20/h2-4,10,13,19-20H,5-9H2,1H3,(H2,17,18,21). The summed E-state index contributed by atoms with van der Waals surface area (Å²) in [5, 5.41) is 25.2. The molecule has 1 aromatic carbocycles. The summed E-state index contributed by atoms with van der Waals surface area (Å²) in [6.45, 7) is 1.84. The first-order valence-electron chi connectivity index (χ1n) is 7.54. The summed E-state index contributed by atoms with van der Waals surface area (Å²) >= 11 is 0. The number of phenols is 1. The number of rotatable bonds is 4. The van der Waals surface area contributed by atoms with E-state index in [4.69, 9.17) is 0 Å². The summed E-state index contributed by atoms with van der Waals surface area (Å²) < 4.78 is 0. The molecule has 114 valence electrons. The van der Waals surface area contributed by atoms with E-state index in [-0.39, 0.29) is 18.7 Å². The number of phenolic OH excluding ortho intramolecular Hbond substituents is 1. The number of carbonyl (C=O) groups excluding carboxylic acids is 1. The molecule has 2 aliphatic rings. The van der Waals surface area contributed by atoms with Gasteiger partial charge in [-0.15, -0.1) is 0 Å². The summed E-state index contributed by atoms with van der Waals surface area (Å²) in [4.78, 5) is 12.2. The number of urea groups is 1. The molecule has 0 saturated heterocycles. The van der Waals surface area contributed by atoms with Crippen LogP contribution in [0, 0.1) is 5.92 Å². The van der Waals surface area contributed by atoms with Gasteiger partial charge in [0.1, 0.15) is 5.75 Å². The average molecular weight is 290 g/mol. The summed E-state index contributed by atoms with van der Waals surface area (Å²) in [5.41, 5.74) is 1.38. The smallest absolute Gasteiger partial charge is 0.315 e. The van der Waals surface area contributed by atoms with Crippen molar-refractivity contribution in [2.75, 3.05) is 6.61 Å². The molecule has 0 aliphatic heterocycles. The van der Waals surface area contributed by atoms with Crippen molar-refractivity contribution in [2.24, 2.45) is 5.92 Å². The van der Waals surface area contributed by atoms with Crippen LogP contribution in [0.15, 0.2) is 18.2 Å². The minimum atomic E-state index is -0.537. The quantitative estimate of drug-likeness (QED) is 0.683. The molecular formula is C16H22N2O3. The van der Waals surface area contributed by atoms with Crippen molar-refractivity contribution in [3.05, 3.63) is 29.3 Å². The van der Waals surface area contributed by atoms with Gasteiger partial charge in [0.05, 0.1) is 18.2 Å². The number of hydrogen-bond donors (Lipinski definition) is 4. The second kappa shape index (κ2) is 5.22. The molecule has 3 rings (SSSR count). The van der Waals surface area contributed by atoms with Crippen LogP contribution in [0.25, 0.3) is 0 Å². The lowest BCUT2D eigenvalue weighted by Gasteiger charge is -2.29. The molecule has 5 heteroatoms. The fourth-order valence-electron chi connectivity index (χ4n) is 3.23. The minimum absolute atomic E-state index is 0.0485. The van der Waals surface area contributed by atoms with E-state index < -0.39 is 5.54 Å². The lowest BCUT2D eigenvalue weighted by atomic mass is 9.97. The third-order valence-corrected chi connectivity index (χ3v) is 4.76. The fourth-order valence-corrected chi connectivity index (χ4v) is 3.23. The topological polar surface area (TPSA) is 81.6 Å². The van der Waals surface area contributed by atoms with Crippen molar-refractivity contribution in [3.63, 3.8) is 0 Å². The summed E-state index contributed by atoms with van der Waals surface area (Å²) in [6.07, 6.45) is 3.67. The van der Waals surface area contributed by atoms with E-state index in [1.165, 1.54) is 0 Å². The zero-order chi connectivity index (χ0) is 15.0. The number of amides is 2. The number of aromatic hydroxyl groups is 1. The van der Waals surface area contributed by atoms with Gasteiger partial charge < -0.3 is 20.8 Å². The number of aliphatic hydroxyl groups excluding tert-OH is 1. The predicted molar refractivity (Wildman–Crippen MR) is 79.1 cm³/mol. The van der Waals surface area contributed by atoms with Crippen LogP contribution < -0.4 is 10.6 Å². The summed E-state index contributed by atoms with van der Waals surface area (Å²) in [5.74, 6) is 0.670. The van der Waals surface area contributed by atoms with E-state index in [0.717, 1.165) is 36.8 Å². The molecule has 2 amide bonds. The molecule has 2 aliphatic carbocycles. The zero-order valence-corrected chi connectivity index (χ0v) is 12.2. The largest absolute Gasteiger partial charge is 0.508 e. The minimum Gasteiger partial charge on any atom is -0.508 e. The van der Waals surface area contributed by atoms with Gasteiger partial charge in [0.2, 0.25) is 0 Å². The molecule has 5 nitrogen and oxygen atoms in total. The monoisotopic (exact) mass is 290 g/mol. The van der Waals surface area contributed by atoms with Gasteiger partial charge in [-0.25, -0.2) is 4.79 Å². The van der Waals surface area contributed by atoms with Gasteiger partial charge in [-0.1, -0.05) is 12.1 Å². The number of fused-ring (bicyclic) bond motifs is 1. The summed E-state index contributed by atoms with van der Waals surface area (Å²) in [7, 11) is 0. The maximum atomic E-state index is 12.2. The van der Waals surface area contributed by atoms with Crippen molar-refractivity contribution < 1.29 is 15.0 Å². The van der Waals surface area contributed by atoms with Crippen molar-refractivity contribution >= 4 is 6.03 Å². The van der Waals surface area contributed by atoms with Crippen LogP contribution in [-0.2, 0) is 6.42 Å². The van der Waals surface area contributed by atoms with Crippen LogP contribution in [0.3, 0.4) is 0 Å². The SMILES string of the molecule is CC(CO)(NC(=O)NC1CCc2c(O)cccc21)C1CC1. The van der Waals surface area contributed by atoms with Gasteiger partial charge in [0.25, 0.3) is 0 Å². The van der Waals surface area contributed by atoms with Gasteiger partial charge in [-0.05, 0) is 55.7 Å². The van der Waals surface area contributed by atoms with Crippen molar-refractivity contribution in [3.8, 4) is 5.75 Å². The maximum Gasteiger partial charge on any atom is 0.315 e. The van der Waals surface area contributed by atoms with Gasteiger partial charge >= 0.3 is 6.03 Å². The lowest BCUT2D eigenvalue weighted by molar-refractivity contribution is 0.154. The third kappa shape index (κ3) is 2.70. The molecule has 0 spiro atoms. The first-order valence-corrected chi connectivity index (χ1v) is 7.54. The van der Waals surface area contributed by atoms with Crippen molar-refractivity contribution in [2.45, 2.75) is 44.2 Å². The number of nitrogens with one attached hydrogen (secondary N) is 2. The Morgan fingerprint density at radius 3 is 2.81 bits per heavy atom. The van der Waals surface area contributed by atoms with Crippen LogP contribution in [0.5, 0.6) is 5.75 Å². The highest BCUT2D eigenvalue weighted by Crippen LogP contribution is 2.39. The Morgan fingerprint density at radius 1 is 1.38 bits per heavy atom. The Hall–Kier alpha value is -1.75. The van der Waals surface area contributed by atoms with Gasteiger partial charge in [0, 0.05) is 0 Å². The molecule has 0 heterocycles. The van der Waals surface area contributed by atoms with E-state index in [9.17, 15) is 15.0 Å². The van der Waals surface area contributed by atoms with Gasteiger partial charge in [0.15, 0.2) is 0 Å². The van der Waals surface area contributed by atoms with Crippen LogP contribution in [0.1, 0.15) is 43.4 Å². The van der Waals surface area contributed by atoms with E-state index >= 15 is 0 Å². The Balaban J connectivity index is 1.66. The number of aliphatic hydroxyl groups is 1. The Morgan fingerprint density at radius 2 is 2.14 bits per heavy atom.